The number of pyridine rings is 1. The van der Waals surface area contributed by atoms with Crippen LogP contribution in [0.2, 0.25) is 0 Å². The van der Waals surface area contributed by atoms with Crippen molar-refractivity contribution in [2.75, 3.05) is 31.1 Å². The number of nitrogens with zero attached hydrogens (tertiary/aromatic N) is 5. The fourth-order valence-electron chi connectivity index (χ4n) is 4.42. The Morgan fingerprint density at radius 1 is 1.00 bits per heavy atom. The average molecular weight is 361 g/mol. The molecule has 5 heterocycles. The van der Waals surface area contributed by atoms with Crippen LogP contribution in [0.1, 0.15) is 12.8 Å². The van der Waals surface area contributed by atoms with E-state index in [4.69, 9.17) is 4.98 Å². The number of aromatic nitrogens is 3. The van der Waals surface area contributed by atoms with Crippen LogP contribution < -0.4 is 10.5 Å². The Bertz CT molecular complexity index is 1040. The van der Waals surface area contributed by atoms with E-state index in [9.17, 15) is 4.79 Å². The van der Waals surface area contributed by atoms with Crippen molar-refractivity contribution in [3.63, 3.8) is 0 Å². The van der Waals surface area contributed by atoms with Gasteiger partial charge in [-0.1, -0.05) is 0 Å². The molecule has 0 aliphatic carbocycles. The number of piperidine rings is 1. The Hall–Kier alpha value is -2.73. The lowest BCUT2D eigenvalue weighted by Gasteiger charge is -2.33. The lowest BCUT2D eigenvalue weighted by molar-refractivity contribution is 0.250. The summed E-state index contributed by atoms with van der Waals surface area (Å²) in [5.41, 5.74) is 2.79. The molecule has 138 valence electrons. The highest BCUT2D eigenvalue weighted by molar-refractivity contribution is 5.83. The number of hydrogen-bond acceptors (Lipinski definition) is 5. The number of rotatable bonds is 2. The van der Waals surface area contributed by atoms with Crippen LogP contribution in [0.3, 0.4) is 0 Å². The second kappa shape index (κ2) is 6.46. The van der Waals surface area contributed by atoms with Crippen LogP contribution in [0.15, 0.2) is 47.5 Å². The van der Waals surface area contributed by atoms with E-state index in [0.29, 0.717) is 17.3 Å². The van der Waals surface area contributed by atoms with Crippen LogP contribution >= 0.6 is 0 Å². The molecule has 3 fully saturated rings. The maximum Gasteiger partial charge on any atom is 0.261 e. The zero-order valence-electron chi connectivity index (χ0n) is 15.5. The molecule has 3 saturated heterocycles. The van der Waals surface area contributed by atoms with Crippen molar-refractivity contribution < 1.29 is 0 Å². The Labute approximate surface area is 158 Å². The topological polar surface area (TPSA) is 54.3 Å². The van der Waals surface area contributed by atoms with Crippen molar-refractivity contribution in [3.05, 3.63) is 53.1 Å². The molecule has 0 spiro atoms. The molecule has 0 atom stereocenters. The third-order valence-corrected chi connectivity index (χ3v) is 5.98. The van der Waals surface area contributed by atoms with Gasteiger partial charge in [-0.2, -0.15) is 0 Å². The largest absolute Gasteiger partial charge is 0.367 e. The first-order chi connectivity index (χ1) is 13.2. The lowest BCUT2D eigenvalue weighted by Crippen LogP contribution is -2.38. The van der Waals surface area contributed by atoms with E-state index in [2.05, 4.69) is 20.9 Å². The van der Waals surface area contributed by atoms with Gasteiger partial charge in [0.1, 0.15) is 5.82 Å². The van der Waals surface area contributed by atoms with Gasteiger partial charge in [0, 0.05) is 62.9 Å². The number of hydrogen-bond donors (Lipinski definition) is 0. The third kappa shape index (κ3) is 2.80. The quantitative estimate of drug-likeness (QED) is 0.701. The molecule has 2 bridgehead atoms. The molecule has 6 heteroatoms. The minimum atomic E-state index is -0.00321. The van der Waals surface area contributed by atoms with E-state index >= 15 is 0 Å². The highest BCUT2D eigenvalue weighted by atomic mass is 16.1. The van der Waals surface area contributed by atoms with Crippen LogP contribution in [0.4, 0.5) is 5.69 Å². The van der Waals surface area contributed by atoms with Crippen LogP contribution in [0.5, 0.6) is 0 Å². The number of anilines is 1. The molecule has 27 heavy (non-hydrogen) atoms. The summed E-state index contributed by atoms with van der Waals surface area (Å²) in [6.45, 7) is 4.51. The molecule has 6 rings (SSSR count). The average Bonchev–Trinajstić information content (AvgIpc) is 3.05. The molecule has 0 unspecified atom stereocenters. The maximum atomic E-state index is 13.1. The normalized spacial score (nSPS) is 22.2. The summed E-state index contributed by atoms with van der Waals surface area (Å²) in [6, 6.07) is 10.5. The Kier molecular flexibility index (Phi) is 3.93. The standard InChI is InChI=1S/C21H23N5O/c1-24-20(15-4-8-22-9-5-15)23-19-3-2-17(14-18(19)21(24)27)26-13-12-25-10-6-16(26)7-11-25/h2-5,8-9,14,16H,6-7,10-13H2,1H3. The summed E-state index contributed by atoms with van der Waals surface area (Å²) in [4.78, 5) is 26.9. The first kappa shape index (κ1) is 16.4. The maximum absolute atomic E-state index is 13.1. The Morgan fingerprint density at radius 2 is 1.78 bits per heavy atom. The van der Waals surface area contributed by atoms with Gasteiger partial charge in [-0.25, -0.2) is 4.98 Å². The molecule has 0 saturated carbocycles. The van der Waals surface area contributed by atoms with E-state index in [-0.39, 0.29) is 5.56 Å². The van der Waals surface area contributed by atoms with Crippen molar-refractivity contribution in [1.29, 1.82) is 0 Å². The van der Waals surface area contributed by atoms with Gasteiger partial charge >= 0.3 is 0 Å². The predicted molar refractivity (Wildman–Crippen MR) is 107 cm³/mol. The first-order valence-electron chi connectivity index (χ1n) is 9.61. The van der Waals surface area contributed by atoms with Gasteiger partial charge in [-0.15, -0.1) is 0 Å². The van der Waals surface area contributed by atoms with Gasteiger partial charge < -0.3 is 9.80 Å². The fourth-order valence-corrected chi connectivity index (χ4v) is 4.42. The zero-order valence-corrected chi connectivity index (χ0v) is 15.5. The predicted octanol–water partition coefficient (Wildman–Crippen LogP) is 2.28. The van der Waals surface area contributed by atoms with E-state index in [0.717, 1.165) is 29.9 Å². The molecule has 6 nitrogen and oxygen atoms in total. The van der Waals surface area contributed by atoms with E-state index < -0.39 is 0 Å². The van der Waals surface area contributed by atoms with E-state index in [1.165, 1.54) is 25.9 Å². The summed E-state index contributed by atoms with van der Waals surface area (Å²) in [6.07, 6.45) is 5.85. The summed E-state index contributed by atoms with van der Waals surface area (Å²) < 4.78 is 1.64. The second-order valence-electron chi connectivity index (χ2n) is 7.50. The van der Waals surface area contributed by atoms with Crippen LogP contribution in [-0.2, 0) is 7.05 Å². The second-order valence-corrected chi connectivity index (χ2v) is 7.50. The number of benzene rings is 1. The molecule has 2 aromatic heterocycles. The first-order valence-corrected chi connectivity index (χ1v) is 9.61. The minimum Gasteiger partial charge on any atom is -0.367 e. The molecule has 3 aromatic rings. The van der Waals surface area contributed by atoms with E-state index in [1.54, 1.807) is 24.0 Å². The fraction of sp³-hybridized carbons (Fsp3) is 0.381. The lowest BCUT2D eigenvalue weighted by atomic mass is 10.0. The smallest absolute Gasteiger partial charge is 0.261 e. The monoisotopic (exact) mass is 361 g/mol. The summed E-state index contributed by atoms with van der Waals surface area (Å²) in [5.74, 6) is 0.670. The molecule has 3 aliphatic rings. The van der Waals surface area contributed by atoms with Crippen LogP contribution in [-0.4, -0.2) is 51.7 Å². The molecule has 1 aromatic carbocycles. The zero-order chi connectivity index (χ0) is 18.4. The van der Waals surface area contributed by atoms with Gasteiger partial charge in [0.05, 0.1) is 10.9 Å². The van der Waals surface area contributed by atoms with E-state index in [1.807, 2.05) is 24.3 Å². The van der Waals surface area contributed by atoms with Crippen LogP contribution in [0, 0.1) is 0 Å². The highest BCUT2D eigenvalue weighted by Gasteiger charge is 2.29. The molecule has 0 amide bonds. The molecule has 0 radical (unpaired) electrons. The third-order valence-electron chi connectivity index (χ3n) is 5.98. The summed E-state index contributed by atoms with van der Waals surface area (Å²) in [7, 11) is 1.79. The van der Waals surface area contributed by atoms with Gasteiger partial charge in [0.2, 0.25) is 0 Å². The number of fused-ring (bicyclic) bond motifs is 5. The van der Waals surface area contributed by atoms with Gasteiger partial charge in [0.15, 0.2) is 0 Å². The minimum absolute atomic E-state index is 0.00321. The van der Waals surface area contributed by atoms with Crippen molar-refractivity contribution >= 4 is 16.6 Å². The highest BCUT2D eigenvalue weighted by Crippen LogP contribution is 2.28. The van der Waals surface area contributed by atoms with Crippen molar-refractivity contribution in [1.82, 2.24) is 19.4 Å². The van der Waals surface area contributed by atoms with Gasteiger partial charge in [-0.05, 0) is 43.2 Å². The Morgan fingerprint density at radius 3 is 2.56 bits per heavy atom. The van der Waals surface area contributed by atoms with Gasteiger partial charge in [0.25, 0.3) is 5.56 Å². The summed E-state index contributed by atoms with van der Waals surface area (Å²) in [5, 5.41) is 0.687. The molecule has 3 aliphatic heterocycles. The van der Waals surface area contributed by atoms with Crippen molar-refractivity contribution in [2.24, 2.45) is 7.05 Å². The molecular weight excluding hydrogens is 338 g/mol. The Balaban J connectivity index is 1.60. The molecular formula is C21H23N5O. The van der Waals surface area contributed by atoms with Crippen molar-refractivity contribution in [3.8, 4) is 11.4 Å². The van der Waals surface area contributed by atoms with Gasteiger partial charge in [-0.3, -0.25) is 14.3 Å². The van der Waals surface area contributed by atoms with Crippen LogP contribution in [0.25, 0.3) is 22.3 Å². The molecule has 0 N–H and O–H groups in total. The van der Waals surface area contributed by atoms with Crippen molar-refractivity contribution in [2.45, 2.75) is 18.9 Å². The summed E-state index contributed by atoms with van der Waals surface area (Å²) >= 11 is 0. The SMILES string of the molecule is Cn1c(-c2ccncc2)nc2ccc(N3CCN4CCC3CC4)cc2c1=O.